The van der Waals surface area contributed by atoms with Gasteiger partial charge in [0.25, 0.3) is 5.56 Å². The summed E-state index contributed by atoms with van der Waals surface area (Å²) in [5.41, 5.74) is 0.220. The van der Waals surface area contributed by atoms with Gasteiger partial charge in [-0.05, 0) is 19.8 Å². The summed E-state index contributed by atoms with van der Waals surface area (Å²) in [5.74, 6) is 0. The van der Waals surface area contributed by atoms with Crippen LogP contribution >= 0.6 is 11.6 Å². The van der Waals surface area contributed by atoms with Crippen molar-refractivity contribution in [2.75, 3.05) is 11.9 Å². The summed E-state index contributed by atoms with van der Waals surface area (Å²) >= 11 is 5.84. The molecule has 0 bridgehead atoms. The molecule has 1 aliphatic carbocycles. The van der Waals surface area contributed by atoms with Crippen molar-refractivity contribution in [2.24, 2.45) is 0 Å². The highest BCUT2D eigenvalue weighted by Crippen LogP contribution is 2.28. The smallest absolute Gasteiger partial charge is 0.285 e. The van der Waals surface area contributed by atoms with E-state index in [-0.39, 0.29) is 10.6 Å². The Bertz CT molecular complexity index is 415. The Morgan fingerprint density at radius 2 is 2.44 bits per heavy atom. The quantitative estimate of drug-likeness (QED) is 0.839. The van der Waals surface area contributed by atoms with Crippen LogP contribution in [0.5, 0.6) is 0 Å². The van der Waals surface area contributed by atoms with Gasteiger partial charge in [0, 0.05) is 12.6 Å². The first kappa shape index (κ1) is 11.4. The summed E-state index contributed by atoms with van der Waals surface area (Å²) in [6.07, 6.45) is 3.74. The topological polar surface area (TPSA) is 67.0 Å². The van der Waals surface area contributed by atoms with Crippen molar-refractivity contribution < 1.29 is 4.74 Å². The third-order valence-electron chi connectivity index (χ3n) is 2.65. The number of nitrogens with one attached hydrogen (secondary N) is 2. The van der Waals surface area contributed by atoms with Gasteiger partial charge in [0.2, 0.25) is 0 Å². The molecule has 0 unspecified atom stereocenters. The van der Waals surface area contributed by atoms with Crippen molar-refractivity contribution in [1.82, 2.24) is 10.2 Å². The number of nitrogens with zero attached hydrogens (tertiary/aromatic N) is 1. The van der Waals surface area contributed by atoms with Crippen LogP contribution in [0.1, 0.15) is 19.8 Å². The van der Waals surface area contributed by atoms with Crippen molar-refractivity contribution in [3.63, 3.8) is 0 Å². The Kier molecular flexibility index (Phi) is 3.46. The Morgan fingerprint density at radius 3 is 3.12 bits per heavy atom. The number of hydrogen-bond donors (Lipinski definition) is 2. The monoisotopic (exact) mass is 243 g/mol. The van der Waals surface area contributed by atoms with Crippen LogP contribution in [-0.2, 0) is 4.74 Å². The Hall–Kier alpha value is -1.07. The van der Waals surface area contributed by atoms with Crippen molar-refractivity contribution in [2.45, 2.75) is 31.9 Å². The third kappa shape index (κ3) is 2.36. The molecule has 0 amide bonds. The standard InChI is InChI=1S/C10H14ClN3O2/c1-2-16-7-3-6(4-7)13-8-5-12-14-10(15)9(8)11/h5-7H,2-4H2,1H3,(H2,13,14,15). The van der Waals surface area contributed by atoms with Crippen LogP contribution in [0.15, 0.2) is 11.0 Å². The molecule has 2 rings (SSSR count). The Labute approximate surface area is 98.2 Å². The van der Waals surface area contributed by atoms with Gasteiger partial charge < -0.3 is 10.1 Å². The van der Waals surface area contributed by atoms with Crippen LogP contribution in [0.4, 0.5) is 5.69 Å². The van der Waals surface area contributed by atoms with E-state index in [9.17, 15) is 4.79 Å². The van der Waals surface area contributed by atoms with E-state index >= 15 is 0 Å². The molecule has 1 fully saturated rings. The number of rotatable bonds is 4. The zero-order valence-electron chi connectivity index (χ0n) is 9.00. The molecule has 1 aromatic rings. The Balaban J connectivity index is 1.92. The average Bonchev–Trinajstić information content (AvgIpc) is 2.21. The molecule has 6 heteroatoms. The van der Waals surface area contributed by atoms with E-state index in [0.29, 0.717) is 17.8 Å². The van der Waals surface area contributed by atoms with Crippen LogP contribution in [0.3, 0.4) is 0 Å². The maximum atomic E-state index is 11.2. The lowest BCUT2D eigenvalue weighted by Crippen LogP contribution is -2.41. The molecular formula is C10H14ClN3O2. The van der Waals surface area contributed by atoms with E-state index in [1.807, 2.05) is 6.92 Å². The molecule has 1 aliphatic rings. The van der Waals surface area contributed by atoms with Crippen molar-refractivity contribution in [1.29, 1.82) is 0 Å². The van der Waals surface area contributed by atoms with E-state index in [2.05, 4.69) is 15.5 Å². The minimum atomic E-state index is -0.368. The summed E-state index contributed by atoms with van der Waals surface area (Å²) < 4.78 is 5.44. The van der Waals surface area contributed by atoms with Crippen molar-refractivity contribution >= 4 is 17.3 Å². The molecule has 88 valence electrons. The van der Waals surface area contributed by atoms with E-state index in [0.717, 1.165) is 19.4 Å². The van der Waals surface area contributed by atoms with Crippen molar-refractivity contribution in [3.05, 3.63) is 21.6 Å². The van der Waals surface area contributed by atoms with E-state index in [4.69, 9.17) is 16.3 Å². The molecule has 16 heavy (non-hydrogen) atoms. The zero-order valence-corrected chi connectivity index (χ0v) is 9.75. The van der Waals surface area contributed by atoms with E-state index in [1.54, 1.807) is 0 Å². The first-order valence-corrected chi connectivity index (χ1v) is 5.69. The minimum absolute atomic E-state index is 0.162. The van der Waals surface area contributed by atoms with Gasteiger partial charge in [-0.2, -0.15) is 5.10 Å². The highest BCUT2D eigenvalue weighted by molar-refractivity contribution is 6.32. The van der Waals surface area contributed by atoms with Crippen LogP contribution in [-0.4, -0.2) is 29.0 Å². The number of halogens is 1. The second kappa shape index (κ2) is 4.84. The lowest BCUT2D eigenvalue weighted by atomic mass is 9.89. The molecule has 0 aromatic carbocycles. The summed E-state index contributed by atoms with van der Waals surface area (Å²) in [4.78, 5) is 11.2. The first-order valence-electron chi connectivity index (χ1n) is 5.32. The van der Waals surface area contributed by atoms with Gasteiger partial charge >= 0.3 is 0 Å². The first-order chi connectivity index (χ1) is 7.70. The molecule has 1 saturated carbocycles. The normalized spacial score (nSPS) is 23.9. The van der Waals surface area contributed by atoms with Crippen LogP contribution in [0.2, 0.25) is 5.02 Å². The minimum Gasteiger partial charge on any atom is -0.379 e. The second-order valence-electron chi connectivity index (χ2n) is 3.82. The van der Waals surface area contributed by atoms with Gasteiger partial charge in [0.1, 0.15) is 5.02 Å². The van der Waals surface area contributed by atoms with Crippen molar-refractivity contribution in [3.8, 4) is 0 Å². The molecule has 5 nitrogen and oxygen atoms in total. The van der Waals surface area contributed by atoms with Gasteiger partial charge in [0.15, 0.2) is 0 Å². The predicted molar refractivity (Wildman–Crippen MR) is 61.9 cm³/mol. The number of aromatic nitrogens is 2. The largest absolute Gasteiger partial charge is 0.379 e. The average molecular weight is 244 g/mol. The lowest BCUT2D eigenvalue weighted by Gasteiger charge is -2.35. The number of H-pyrrole nitrogens is 1. The molecular weight excluding hydrogens is 230 g/mol. The highest BCUT2D eigenvalue weighted by atomic mass is 35.5. The number of hydrogen-bond acceptors (Lipinski definition) is 4. The number of aromatic amines is 1. The van der Waals surface area contributed by atoms with Crippen LogP contribution in [0.25, 0.3) is 0 Å². The van der Waals surface area contributed by atoms with Crippen LogP contribution < -0.4 is 10.9 Å². The fourth-order valence-corrected chi connectivity index (χ4v) is 1.90. The predicted octanol–water partition coefficient (Wildman–Crippen LogP) is 1.40. The maximum Gasteiger partial charge on any atom is 0.285 e. The van der Waals surface area contributed by atoms with Crippen LogP contribution in [0, 0.1) is 0 Å². The molecule has 0 saturated heterocycles. The van der Waals surface area contributed by atoms with Gasteiger partial charge in [-0.3, -0.25) is 4.79 Å². The summed E-state index contributed by atoms with van der Waals surface area (Å²) in [6, 6.07) is 0.317. The fraction of sp³-hybridized carbons (Fsp3) is 0.600. The SMILES string of the molecule is CCOC1CC(Nc2cn[nH]c(=O)c2Cl)C1. The fourth-order valence-electron chi connectivity index (χ4n) is 1.76. The summed E-state index contributed by atoms with van der Waals surface area (Å²) in [5, 5.41) is 9.32. The highest BCUT2D eigenvalue weighted by Gasteiger charge is 2.29. The molecule has 1 heterocycles. The molecule has 0 spiro atoms. The third-order valence-corrected chi connectivity index (χ3v) is 3.03. The molecule has 0 radical (unpaired) electrons. The maximum absolute atomic E-state index is 11.2. The number of anilines is 1. The van der Waals surface area contributed by atoms with Gasteiger partial charge in [-0.1, -0.05) is 11.6 Å². The van der Waals surface area contributed by atoms with E-state index < -0.39 is 0 Å². The molecule has 1 aromatic heterocycles. The number of ether oxygens (including phenoxy) is 1. The molecule has 0 aliphatic heterocycles. The van der Waals surface area contributed by atoms with E-state index in [1.165, 1.54) is 6.20 Å². The zero-order chi connectivity index (χ0) is 11.5. The summed E-state index contributed by atoms with van der Waals surface area (Å²) in [7, 11) is 0. The van der Waals surface area contributed by atoms with Gasteiger partial charge in [-0.25, -0.2) is 5.10 Å². The molecule has 2 N–H and O–H groups in total. The van der Waals surface area contributed by atoms with Gasteiger partial charge in [-0.15, -0.1) is 0 Å². The van der Waals surface area contributed by atoms with Gasteiger partial charge in [0.05, 0.1) is 18.0 Å². The summed E-state index contributed by atoms with van der Waals surface area (Å²) in [6.45, 7) is 2.73. The Morgan fingerprint density at radius 1 is 1.69 bits per heavy atom. The lowest BCUT2D eigenvalue weighted by molar-refractivity contribution is 0.00298. The molecule has 0 atom stereocenters. The second-order valence-corrected chi connectivity index (χ2v) is 4.19.